The van der Waals surface area contributed by atoms with Crippen LogP contribution in [0.1, 0.15) is 50.6 Å². The molecule has 31 heavy (non-hydrogen) atoms. The highest BCUT2D eigenvalue weighted by molar-refractivity contribution is 5.95. The van der Waals surface area contributed by atoms with Gasteiger partial charge in [-0.3, -0.25) is 0 Å². The second-order valence-electron chi connectivity index (χ2n) is 9.26. The van der Waals surface area contributed by atoms with E-state index in [1.165, 1.54) is 0 Å². The Balaban J connectivity index is 1.80. The molecule has 7 nitrogen and oxygen atoms in total. The number of aromatic nitrogens is 3. The van der Waals surface area contributed by atoms with E-state index >= 15 is 0 Å². The average molecular weight is 418 g/mol. The van der Waals surface area contributed by atoms with Gasteiger partial charge in [0, 0.05) is 37.1 Å². The summed E-state index contributed by atoms with van der Waals surface area (Å²) in [5, 5.41) is 13.1. The number of ether oxygens (including phenoxy) is 1. The van der Waals surface area contributed by atoms with Crippen molar-refractivity contribution < 1.29 is 9.15 Å². The first-order valence-corrected chi connectivity index (χ1v) is 10.2. The lowest BCUT2D eigenvalue weighted by molar-refractivity contribution is 0.182. The minimum absolute atomic E-state index is 0.0744. The van der Waals surface area contributed by atoms with Crippen molar-refractivity contribution in [1.82, 2.24) is 19.7 Å². The number of hydrogen-bond acceptors (Lipinski definition) is 6. The van der Waals surface area contributed by atoms with Crippen molar-refractivity contribution in [2.45, 2.75) is 46.3 Å². The number of oxazole rings is 1. The van der Waals surface area contributed by atoms with Gasteiger partial charge < -0.3 is 18.9 Å². The summed E-state index contributed by atoms with van der Waals surface area (Å²) in [6.07, 6.45) is 10.2. The Hall–Kier alpha value is -3.37. The Morgan fingerprint density at radius 2 is 2.16 bits per heavy atom. The lowest BCUT2D eigenvalue weighted by atomic mass is 9.92. The van der Waals surface area contributed by atoms with Crippen LogP contribution in [0.4, 0.5) is 0 Å². The van der Waals surface area contributed by atoms with Gasteiger partial charge in [-0.25, -0.2) is 9.97 Å². The minimum atomic E-state index is -0.824. The van der Waals surface area contributed by atoms with Gasteiger partial charge in [0.05, 0.1) is 30.3 Å². The fourth-order valence-electron chi connectivity index (χ4n) is 3.58. The Bertz CT molecular complexity index is 1220. The zero-order valence-electron chi connectivity index (χ0n) is 18.6. The molecular formula is C24H27N5O2. The molecule has 0 saturated heterocycles. The fourth-order valence-corrected chi connectivity index (χ4v) is 3.58. The summed E-state index contributed by atoms with van der Waals surface area (Å²) >= 11 is 0. The van der Waals surface area contributed by atoms with Gasteiger partial charge in [-0.15, -0.1) is 0 Å². The topological polar surface area (TPSA) is 88.4 Å². The first-order chi connectivity index (χ1) is 14.7. The molecule has 0 amide bonds. The van der Waals surface area contributed by atoms with Gasteiger partial charge in [0.15, 0.2) is 11.7 Å². The summed E-state index contributed by atoms with van der Waals surface area (Å²) in [5.41, 5.74) is 3.49. The van der Waals surface area contributed by atoms with E-state index in [1.807, 2.05) is 48.0 Å². The molecule has 1 aliphatic heterocycles. The third kappa shape index (κ3) is 4.39. The monoisotopic (exact) mass is 417 g/mol. The maximum atomic E-state index is 9.69. The van der Waals surface area contributed by atoms with Crippen LogP contribution in [0, 0.1) is 16.7 Å². The Kier molecular flexibility index (Phi) is 5.19. The number of fused-ring (bicyclic) bond motifs is 1. The van der Waals surface area contributed by atoms with Crippen molar-refractivity contribution in [1.29, 1.82) is 5.26 Å². The Morgan fingerprint density at radius 1 is 1.35 bits per heavy atom. The number of hydrogen-bond donors (Lipinski definition) is 1. The molecule has 0 aromatic carbocycles. The van der Waals surface area contributed by atoms with E-state index in [9.17, 15) is 5.26 Å². The molecule has 7 heteroatoms. The zero-order chi connectivity index (χ0) is 22.2. The largest absolute Gasteiger partial charge is 0.441 e. The number of rotatable bonds is 5. The van der Waals surface area contributed by atoms with E-state index in [4.69, 9.17) is 9.15 Å². The van der Waals surface area contributed by atoms with Crippen LogP contribution in [-0.2, 0) is 17.8 Å². The second-order valence-corrected chi connectivity index (χ2v) is 9.26. The van der Waals surface area contributed by atoms with Crippen LogP contribution in [0.2, 0.25) is 0 Å². The van der Waals surface area contributed by atoms with Gasteiger partial charge in [0.25, 0.3) is 0 Å². The predicted molar refractivity (Wildman–Crippen MR) is 119 cm³/mol. The smallest absolute Gasteiger partial charge is 0.195 e. The second kappa shape index (κ2) is 7.71. The van der Waals surface area contributed by atoms with E-state index in [0.29, 0.717) is 18.3 Å². The van der Waals surface area contributed by atoms with Crippen molar-refractivity contribution in [3.8, 4) is 6.07 Å². The van der Waals surface area contributed by atoms with E-state index in [0.717, 1.165) is 34.6 Å². The molecule has 3 aromatic heterocycles. The number of dihydropyridines is 1. The summed E-state index contributed by atoms with van der Waals surface area (Å²) in [5.74, 6) is 1.37. The van der Waals surface area contributed by atoms with E-state index in [-0.39, 0.29) is 5.41 Å². The number of allylic oxidation sites excluding steroid dienone is 2. The van der Waals surface area contributed by atoms with Gasteiger partial charge in [-0.1, -0.05) is 20.8 Å². The fraction of sp³-hybridized carbons (Fsp3) is 0.375. The molecule has 4 heterocycles. The summed E-state index contributed by atoms with van der Waals surface area (Å²) in [6, 6.07) is 6.32. The molecule has 0 aliphatic carbocycles. The Labute approximate surface area is 182 Å². The number of pyridine rings is 1. The van der Waals surface area contributed by atoms with Crippen LogP contribution in [0.15, 0.2) is 47.3 Å². The maximum Gasteiger partial charge on any atom is 0.195 e. The average Bonchev–Trinajstić information content (AvgIpc) is 3.32. The predicted octanol–water partition coefficient (Wildman–Crippen LogP) is 4.37. The standard InChI is InChI=1S/C24H27N5O2/c1-23(2,3)11-21-26-12-19(31-21)18-6-8-24(4,15-25)28-22(18)16-7-9-29-13-17(14-30-5)27-20(29)10-16/h6-10,12-13,28H,11,14H2,1-5H3. The molecule has 0 saturated carbocycles. The maximum absolute atomic E-state index is 9.69. The molecule has 0 fully saturated rings. The third-order valence-electron chi connectivity index (χ3n) is 5.06. The third-order valence-corrected chi connectivity index (χ3v) is 5.06. The molecular weight excluding hydrogens is 390 g/mol. The van der Waals surface area contributed by atoms with Crippen LogP contribution in [-0.4, -0.2) is 27.0 Å². The molecule has 160 valence electrons. The molecule has 1 unspecified atom stereocenters. The summed E-state index contributed by atoms with van der Waals surface area (Å²) < 4.78 is 13.2. The SMILES string of the molecule is COCc1cn2ccc(C3=C(c4cnc(CC(C)(C)C)o4)C=CC(C)(C#N)N3)cc2n1. The quantitative estimate of drug-likeness (QED) is 0.663. The van der Waals surface area contributed by atoms with Crippen LogP contribution in [0.25, 0.3) is 16.9 Å². The summed E-state index contributed by atoms with van der Waals surface area (Å²) in [4.78, 5) is 9.10. The summed E-state index contributed by atoms with van der Waals surface area (Å²) in [6.45, 7) is 8.75. The molecule has 3 aromatic rings. The number of nitrogens with zero attached hydrogens (tertiary/aromatic N) is 4. The number of imidazole rings is 1. The van der Waals surface area contributed by atoms with Gasteiger partial charge >= 0.3 is 0 Å². The number of nitrogens with one attached hydrogen (secondary N) is 1. The van der Waals surface area contributed by atoms with Gasteiger partial charge in [-0.05, 0) is 36.6 Å². The molecule has 4 rings (SSSR count). The Morgan fingerprint density at radius 3 is 2.87 bits per heavy atom. The first-order valence-electron chi connectivity index (χ1n) is 10.2. The molecule has 0 radical (unpaired) electrons. The van der Waals surface area contributed by atoms with Gasteiger partial charge in [0.1, 0.15) is 11.2 Å². The van der Waals surface area contributed by atoms with Crippen molar-refractivity contribution in [2.24, 2.45) is 5.41 Å². The van der Waals surface area contributed by atoms with Crippen molar-refractivity contribution >= 4 is 16.9 Å². The van der Waals surface area contributed by atoms with E-state index in [1.54, 1.807) is 13.3 Å². The molecule has 0 spiro atoms. The van der Waals surface area contributed by atoms with Crippen LogP contribution >= 0.6 is 0 Å². The lowest BCUT2D eigenvalue weighted by Crippen LogP contribution is -2.39. The highest BCUT2D eigenvalue weighted by atomic mass is 16.5. The van der Waals surface area contributed by atoms with Crippen LogP contribution < -0.4 is 5.32 Å². The van der Waals surface area contributed by atoms with Crippen LogP contribution in [0.3, 0.4) is 0 Å². The van der Waals surface area contributed by atoms with Crippen molar-refractivity contribution in [3.05, 3.63) is 65.8 Å². The number of methoxy groups -OCH3 is 1. The number of nitriles is 1. The lowest BCUT2D eigenvalue weighted by Gasteiger charge is -2.28. The molecule has 1 atom stereocenters. The van der Waals surface area contributed by atoms with Gasteiger partial charge in [0.2, 0.25) is 0 Å². The molecule has 0 bridgehead atoms. The highest BCUT2D eigenvalue weighted by Crippen LogP contribution is 2.33. The first kappa shape index (κ1) is 20.9. The molecule has 1 N–H and O–H groups in total. The van der Waals surface area contributed by atoms with Gasteiger partial charge in [-0.2, -0.15) is 5.26 Å². The normalized spacial score (nSPS) is 19.0. The highest BCUT2D eigenvalue weighted by Gasteiger charge is 2.29. The molecule has 1 aliphatic rings. The van der Waals surface area contributed by atoms with E-state index in [2.05, 4.69) is 42.1 Å². The van der Waals surface area contributed by atoms with Crippen LogP contribution in [0.5, 0.6) is 0 Å². The van der Waals surface area contributed by atoms with E-state index < -0.39 is 5.54 Å². The van der Waals surface area contributed by atoms with Crippen molar-refractivity contribution in [2.75, 3.05) is 7.11 Å². The minimum Gasteiger partial charge on any atom is -0.441 e. The zero-order valence-corrected chi connectivity index (χ0v) is 18.6. The summed E-state index contributed by atoms with van der Waals surface area (Å²) in [7, 11) is 1.65. The van der Waals surface area contributed by atoms with Crippen molar-refractivity contribution in [3.63, 3.8) is 0 Å².